The second-order valence-corrected chi connectivity index (χ2v) is 6.15. The van der Waals surface area contributed by atoms with E-state index in [4.69, 9.17) is 4.52 Å². The van der Waals surface area contributed by atoms with Crippen molar-refractivity contribution in [2.24, 2.45) is 12.0 Å². The maximum Gasteiger partial charge on any atom is 0.246 e. The molecular weight excluding hydrogens is 461 g/mol. The van der Waals surface area contributed by atoms with Crippen molar-refractivity contribution >= 4 is 41.5 Å². The van der Waals surface area contributed by atoms with Crippen LogP contribution in [0.4, 0.5) is 5.69 Å². The molecule has 0 unspecified atom stereocenters. The minimum absolute atomic E-state index is 0. The van der Waals surface area contributed by atoms with E-state index in [9.17, 15) is 4.79 Å². The Morgan fingerprint density at radius 3 is 2.78 bits per heavy atom. The number of aromatic nitrogens is 3. The van der Waals surface area contributed by atoms with Crippen molar-refractivity contribution in [3.63, 3.8) is 0 Å². The molecule has 2 aromatic heterocycles. The summed E-state index contributed by atoms with van der Waals surface area (Å²) in [5, 5.41) is 11.4. The Hall–Kier alpha value is -2.11. The summed E-state index contributed by atoms with van der Waals surface area (Å²) in [4.78, 5) is 20.9. The van der Waals surface area contributed by atoms with Crippen molar-refractivity contribution in [1.82, 2.24) is 25.2 Å². The van der Waals surface area contributed by atoms with Gasteiger partial charge in [-0.3, -0.25) is 9.48 Å². The lowest BCUT2D eigenvalue weighted by Gasteiger charge is -2.35. The van der Waals surface area contributed by atoms with Gasteiger partial charge in [-0.05, 0) is 13.3 Å². The van der Waals surface area contributed by atoms with Crippen molar-refractivity contribution in [3.8, 4) is 0 Å². The monoisotopic (exact) mass is 487 g/mol. The molecule has 0 aliphatic carbocycles. The minimum Gasteiger partial charge on any atom is -0.359 e. The summed E-state index contributed by atoms with van der Waals surface area (Å²) in [5.41, 5.74) is 1.74. The van der Waals surface area contributed by atoms with Crippen LogP contribution >= 0.6 is 24.0 Å². The largest absolute Gasteiger partial charge is 0.359 e. The smallest absolute Gasteiger partial charge is 0.246 e. The van der Waals surface area contributed by atoms with E-state index < -0.39 is 0 Å². The number of hydrogen-bond donors (Lipinski definition) is 1. The number of piperazine rings is 1. The average Bonchev–Trinajstić information content (AvgIpc) is 3.27. The van der Waals surface area contributed by atoms with Crippen LogP contribution in [0.25, 0.3) is 0 Å². The van der Waals surface area contributed by atoms with Crippen LogP contribution in [0, 0.1) is 0 Å². The van der Waals surface area contributed by atoms with Gasteiger partial charge in [0.05, 0.1) is 17.6 Å². The molecule has 3 heterocycles. The van der Waals surface area contributed by atoms with Crippen LogP contribution in [0.2, 0.25) is 0 Å². The van der Waals surface area contributed by atoms with Gasteiger partial charge in [0.15, 0.2) is 11.7 Å². The van der Waals surface area contributed by atoms with E-state index >= 15 is 0 Å². The van der Waals surface area contributed by atoms with Crippen molar-refractivity contribution in [2.75, 3.05) is 31.1 Å². The first-order chi connectivity index (χ1) is 12.6. The molecule has 0 saturated carbocycles. The quantitative estimate of drug-likeness (QED) is 0.390. The fourth-order valence-corrected chi connectivity index (χ4v) is 2.85. The maximum atomic E-state index is 12.6. The molecule has 27 heavy (non-hydrogen) atoms. The highest BCUT2D eigenvalue weighted by atomic mass is 127. The summed E-state index contributed by atoms with van der Waals surface area (Å²) in [6.07, 6.45) is 4.39. The standard InChI is InChI=1S/C17H25N7O2.HI/c1-4-13-8-15(26-21-13)10-19-17(18-5-2)23-6-7-24(16(25)12-23)14-9-20-22(3)11-14;/h8-9,11H,4-7,10,12H2,1-3H3,(H,18,19);1H. The molecule has 0 atom stereocenters. The highest BCUT2D eigenvalue weighted by molar-refractivity contribution is 14.0. The van der Waals surface area contributed by atoms with Crippen LogP contribution in [0.5, 0.6) is 0 Å². The van der Waals surface area contributed by atoms with Gasteiger partial charge in [-0.15, -0.1) is 24.0 Å². The molecule has 10 heteroatoms. The third-order valence-electron chi connectivity index (χ3n) is 4.21. The molecule has 1 aliphatic rings. The van der Waals surface area contributed by atoms with Crippen molar-refractivity contribution in [1.29, 1.82) is 0 Å². The molecule has 0 bridgehead atoms. The van der Waals surface area contributed by atoms with E-state index in [1.54, 1.807) is 15.8 Å². The molecular formula is C17H26IN7O2. The van der Waals surface area contributed by atoms with Crippen LogP contribution < -0.4 is 10.2 Å². The number of aryl methyl sites for hydroxylation is 2. The zero-order valence-corrected chi connectivity index (χ0v) is 18.2. The van der Waals surface area contributed by atoms with E-state index in [-0.39, 0.29) is 36.4 Å². The van der Waals surface area contributed by atoms with E-state index in [1.807, 2.05) is 38.1 Å². The predicted molar refractivity (Wildman–Crippen MR) is 113 cm³/mol. The molecule has 9 nitrogen and oxygen atoms in total. The van der Waals surface area contributed by atoms with Gasteiger partial charge in [0.25, 0.3) is 0 Å². The number of rotatable bonds is 5. The molecule has 2 aromatic rings. The van der Waals surface area contributed by atoms with Gasteiger partial charge in [-0.25, -0.2) is 4.99 Å². The number of carbonyl (C=O) groups excluding carboxylic acids is 1. The number of hydrogen-bond acceptors (Lipinski definition) is 5. The summed E-state index contributed by atoms with van der Waals surface area (Å²) >= 11 is 0. The van der Waals surface area contributed by atoms with Crippen LogP contribution in [0.15, 0.2) is 28.0 Å². The maximum absolute atomic E-state index is 12.6. The Morgan fingerprint density at radius 1 is 1.37 bits per heavy atom. The van der Waals surface area contributed by atoms with E-state index in [0.29, 0.717) is 25.6 Å². The van der Waals surface area contributed by atoms with Crippen LogP contribution in [0.1, 0.15) is 25.3 Å². The number of aliphatic imine (C=N–C) groups is 1. The molecule has 0 radical (unpaired) electrons. The van der Waals surface area contributed by atoms with Gasteiger partial charge in [-0.2, -0.15) is 5.10 Å². The number of carbonyl (C=O) groups is 1. The Kier molecular flexibility index (Phi) is 7.63. The lowest BCUT2D eigenvalue weighted by molar-refractivity contribution is -0.120. The summed E-state index contributed by atoms with van der Waals surface area (Å²) in [5.74, 6) is 1.46. The summed E-state index contributed by atoms with van der Waals surface area (Å²) in [7, 11) is 1.84. The third kappa shape index (κ3) is 5.21. The molecule has 1 saturated heterocycles. The topological polar surface area (TPSA) is 91.8 Å². The summed E-state index contributed by atoms with van der Waals surface area (Å²) < 4.78 is 6.98. The van der Waals surface area contributed by atoms with E-state index in [2.05, 4.69) is 20.6 Å². The Labute approximate surface area is 175 Å². The van der Waals surface area contributed by atoms with Gasteiger partial charge >= 0.3 is 0 Å². The zero-order valence-electron chi connectivity index (χ0n) is 15.9. The van der Waals surface area contributed by atoms with Crippen LogP contribution in [-0.4, -0.2) is 57.9 Å². The van der Waals surface area contributed by atoms with E-state index in [1.165, 1.54) is 0 Å². The first kappa shape index (κ1) is 21.2. The van der Waals surface area contributed by atoms with Gasteiger partial charge < -0.3 is 19.6 Å². The second kappa shape index (κ2) is 9.72. The lowest BCUT2D eigenvalue weighted by Crippen LogP contribution is -2.55. The fraction of sp³-hybridized carbons (Fsp3) is 0.529. The molecule has 1 aliphatic heterocycles. The first-order valence-electron chi connectivity index (χ1n) is 8.87. The van der Waals surface area contributed by atoms with Crippen LogP contribution in [0.3, 0.4) is 0 Å². The number of halogens is 1. The molecule has 0 spiro atoms. The summed E-state index contributed by atoms with van der Waals surface area (Å²) in [6, 6.07) is 1.92. The van der Waals surface area contributed by atoms with Gasteiger partial charge in [-0.1, -0.05) is 12.1 Å². The Balaban J connectivity index is 0.00000261. The lowest BCUT2D eigenvalue weighted by atomic mass is 10.3. The average molecular weight is 487 g/mol. The highest BCUT2D eigenvalue weighted by Gasteiger charge is 2.27. The number of anilines is 1. The fourth-order valence-electron chi connectivity index (χ4n) is 2.85. The van der Waals surface area contributed by atoms with Gasteiger partial charge in [0.1, 0.15) is 13.1 Å². The molecule has 1 amide bonds. The third-order valence-corrected chi connectivity index (χ3v) is 4.21. The molecule has 1 N–H and O–H groups in total. The normalized spacial score (nSPS) is 15.1. The SMILES string of the molecule is CCNC(=NCc1cc(CC)no1)N1CCN(c2cnn(C)c2)C(=O)C1.I. The second-order valence-electron chi connectivity index (χ2n) is 6.15. The van der Waals surface area contributed by atoms with Crippen molar-refractivity contribution in [2.45, 2.75) is 26.8 Å². The predicted octanol–water partition coefficient (Wildman–Crippen LogP) is 1.40. The van der Waals surface area contributed by atoms with Gasteiger partial charge in [0.2, 0.25) is 5.91 Å². The van der Waals surface area contributed by atoms with Crippen LogP contribution in [-0.2, 0) is 24.8 Å². The van der Waals surface area contributed by atoms with E-state index in [0.717, 1.165) is 30.1 Å². The Bertz CT molecular complexity index is 786. The first-order valence-corrected chi connectivity index (χ1v) is 8.87. The summed E-state index contributed by atoms with van der Waals surface area (Å²) in [6.45, 7) is 6.73. The van der Waals surface area contributed by atoms with Crippen molar-refractivity contribution in [3.05, 3.63) is 29.9 Å². The minimum atomic E-state index is 0. The Morgan fingerprint density at radius 2 is 2.19 bits per heavy atom. The van der Waals surface area contributed by atoms with Gasteiger partial charge in [0, 0.05) is 38.9 Å². The number of guanidine groups is 1. The zero-order chi connectivity index (χ0) is 18.5. The molecule has 0 aromatic carbocycles. The molecule has 1 fully saturated rings. The number of amides is 1. The van der Waals surface area contributed by atoms with Crippen molar-refractivity contribution < 1.29 is 9.32 Å². The number of nitrogens with one attached hydrogen (secondary N) is 1. The highest BCUT2D eigenvalue weighted by Crippen LogP contribution is 2.16. The molecule has 3 rings (SSSR count). The molecule has 148 valence electrons. The number of nitrogens with zero attached hydrogens (tertiary/aromatic N) is 6.